The summed E-state index contributed by atoms with van der Waals surface area (Å²) in [7, 11) is 0. The number of hydrogen-bond acceptors (Lipinski definition) is 10. The minimum Gasteiger partial charge on any atom is -0.447 e. The number of allylic oxidation sites excluding steroid dienone is 1. The van der Waals surface area contributed by atoms with Crippen molar-refractivity contribution in [3.8, 4) is 0 Å². The van der Waals surface area contributed by atoms with Crippen LogP contribution in [-0.2, 0) is 30.2 Å². The molecule has 12 heteroatoms. The van der Waals surface area contributed by atoms with Gasteiger partial charge >= 0.3 is 6.09 Å². The van der Waals surface area contributed by atoms with Gasteiger partial charge in [0, 0.05) is 6.54 Å². The molecule has 2 N–H and O–H groups in total. The highest BCUT2D eigenvalue weighted by atomic mass is 16.8. The van der Waals surface area contributed by atoms with Gasteiger partial charge in [-0.2, -0.15) is 0 Å². The zero-order valence-electron chi connectivity index (χ0n) is 22.6. The fourth-order valence-electron chi connectivity index (χ4n) is 5.50. The number of ether oxygens (including phenoxy) is 4. The molecule has 1 aliphatic carbocycles. The molecule has 2 aliphatic heterocycles. The molecular formula is C28H32N6O6. The number of aromatic nitrogens is 4. The lowest BCUT2D eigenvalue weighted by Crippen LogP contribution is -2.36. The highest BCUT2D eigenvalue weighted by Crippen LogP contribution is 2.44. The van der Waals surface area contributed by atoms with E-state index in [9.17, 15) is 9.59 Å². The number of rotatable bonds is 9. The van der Waals surface area contributed by atoms with E-state index in [0.717, 1.165) is 12.8 Å². The molecule has 1 aromatic carbocycles. The van der Waals surface area contributed by atoms with E-state index in [1.165, 1.54) is 30.0 Å². The molecule has 210 valence electrons. The van der Waals surface area contributed by atoms with E-state index in [4.69, 9.17) is 18.9 Å². The van der Waals surface area contributed by atoms with Gasteiger partial charge in [-0.25, -0.2) is 19.7 Å². The van der Waals surface area contributed by atoms with Crippen LogP contribution < -0.4 is 10.6 Å². The minimum absolute atomic E-state index is 0.0752. The maximum absolute atomic E-state index is 12.0. The lowest BCUT2D eigenvalue weighted by atomic mass is 10.0. The second-order valence-corrected chi connectivity index (χ2v) is 10.6. The van der Waals surface area contributed by atoms with Crippen molar-refractivity contribution in [2.45, 2.75) is 63.9 Å². The van der Waals surface area contributed by atoms with E-state index in [1.54, 1.807) is 10.9 Å². The molecular weight excluding hydrogens is 516 g/mol. The summed E-state index contributed by atoms with van der Waals surface area (Å²) in [5.74, 6) is -0.388. The first-order valence-corrected chi connectivity index (χ1v) is 13.4. The van der Waals surface area contributed by atoms with Gasteiger partial charge in [0.05, 0.1) is 12.9 Å². The van der Waals surface area contributed by atoms with Gasteiger partial charge in [0.25, 0.3) is 0 Å². The molecule has 2 aromatic heterocycles. The van der Waals surface area contributed by atoms with E-state index in [2.05, 4.69) is 55.9 Å². The molecule has 2 fully saturated rings. The largest absolute Gasteiger partial charge is 0.447 e. The molecule has 1 amide bonds. The van der Waals surface area contributed by atoms with Crippen molar-refractivity contribution in [3.05, 3.63) is 54.1 Å². The highest BCUT2D eigenvalue weighted by Gasteiger charge is 2.56. The van der Waals surface area contributed by atoms with Gasteiger partial charge in [0.1, 0.15) is 37.0 Å². The molecule has 0 bridgehead atoms. The molecule has 6 rings (SSSR count). The number of nitrogens with one attached hydrogen (secondary N) is 2. The van der Waals surface area contributed by atoms with Crippen LogP contribution in [0, 0.1) is 0 Å². The fraction of sp³-hybridized carbons (Fsp3) is 0.464. The predicted octanol–water partition coefficient (Wildman–Crippen LogP) is 3.00. The number of Topliss-reactive ketones (excluding diaryl/α,β-unsaturated/α-hetero) is 1. The minimum atomic E-state index is -0.849. The number of hydrogen-bond donors (Lipinski definition) is 2. The van der Waals surface area contributed by atoms with E-state index in [0.29, 0.717) is 23.5 Å². The quantitative estimate of drug-likeness (QED) is 0.410. The summed E-state index contributed by atoms with van der Waals surface area (Å²) in [5, 5.41) is 5.83. The summed E-state index contributed by atoms with van der Waals surface area (Å²) in [6, 6.07) is 8.48. The number of amides is 1. The number of carbonyl (C=O) groups is 2. The molecule has 3 aromatic rings. The average molecular weight is 549 g/mol. The van der Waals surface area contributed by atoms with Crippen LogP contribution in [-0.4, -0.2) is 75.2 Å². The van der Waals surface area contributed by atoms with Gasteiger partial charge in [0.2, 0.25) is 0 Å². The Kier molecular flexibility index (Phi) is 6.99. The molecule has 0 radical (unpaired) electrons. The summed E-state index contributed by atoms with van der Waals surface area (Å²) in [4.78, 5) is 36.7. The van der Waals surface area contributed by atoms with Crippen LogP contribution in [0.15, 0.2) is 43.0 Å². The average Bonchev–Trinajstić information content (AvgIpc) is 3.68. The Hall–Kier alpha value is -3.87. The standard InChI is InChI=1S/C28H32N6O6/c1-16(35)12-30-27(36)37-13-20-22-23(40-28(2,3)39-22)26(38-20)34-15-33-21-24(31-14-32-25(21)34)29-11-10-18-9-8-17-6-4-5-7-19(17)18/h4-7,9,14-15,20,22-23,26H,8,10-13H2,1-3H3,(H,30,36)(H,29,31,32)/t20-,22?,23+,26-/m1/s1. The molecule has 0 spiro atoms. The van der Waals surface area contributed by atoms with Gasteiger partial charge < -0.3 is 29.6 Å². The Morgan fingerprint density at radius 1 is 1.15 bits per heavy atom. The fourth-order valence-corrected chi connectivity index (χ4v) is 5.50. The number of imidazole rings is 1. The zero-order chi connectivity index (χ0) is 27.9. The van der Waals surface area contributed by atoms with Crippen molar-refractivity contribution in [2.24, 2.45) is 0 Å². The smallest absolute Gasteiger partial charge is 0.407 e. The number of ketones is 1. The van der Waals surface area contributed by atoms with Crippen LogP contribution in [0.4, 0.5) is 10.6 Å². The second kappa shape index (κ2) is 10.6. The van der Waals surface area contributed by atoms with Gasteiger partial charge in [-0.3, -0.25) is 9.36 Å². The van der Waals surface area contributed by atoms with E-state index < -0.39 is 36.4 Å². The van der Waals surface area contributed by atoms with Crippen molar-refractivity contribution in [3.63, 3.8) is 0 Å². The monoisotopic (exact) mass is 548 g/mol. The SMILES string of the molecule is CC(=O)CNC(=O)OC[C@H]1O[C@@H](n2cnc3c(NCCC4=CCc5ccccc54)ncnc32)[C@H]2OC(C)(C)OC12. The molecule has 40 heavy (non-hydrogen) atoms. The highest BCUT2D eigenvalue weighted by molar-refractivity contribution is 5.83. The third kappa shape index (κ3) is 5.17. The van der Waals surface area contributed by atoms with Gasteiger partial charge in [-0.1, -0.05) is 30.3 Å². The Bertz CT molecular complexity index is 1470. The Morgan fingerprint density at radius 3 is 2.83 bits per heavy atom. The van der Waals surface area contributed by atoms with Crippen LogP contribution in [0.5, 0.6) is 0 Å². The molecule has 12 nitrogen and oxygen atoms in total. The number of carbonyl (C=O) groups excluding carboxylic acids is 2. The molecule has 4 heterocycles. The third-order valence-corrected chi connectivity index (χ3v) is 7.24. The summed E-state index contributed by atoms with van der Waals surface area (Å²) in [5.41, 5.74) is 5.20. The first-order chi connectivity index (χ1) is 19.3. The zero-order valence-corrected chi connectivity index (χ0v) is 22.6. The van der Waals surface area contributed by atoms with Crippen LogP contribution in [0.2, 0.25) is 0 Å². The second-order valence-electron chi connectivity index (χ2n) is 10.6. The van der Waals surface area contributed by atoms with Crippen LogP contribution in [0.1, 0.15) is 44.5 Å². The van der Waals surface area contributed by atoms with E-state index in [1.807, 2.05) is 13.8 Å². The number of alkyl carbamates (subject to hydrolysis) is 1. The first kappa shape index (κ1) is 26.4. The predicted molar refractivity (Wildman–Crippen MR) is 144 cm³/mol. The summed E-state index contributed by atoms with van der Waals surface area (Å²) < 4.78 is 25.7. The van der Waals surface area contributed by atoms with E-state index in [-0.39, 0.29) is 18.9 Å². The third-order valence-electron chi connectivity index (χ3n) is 7.24. The van der Waals surface area contributed by atoms with Crippen molar-refractivity contribution >= 4 is 34.4 Å². The molecule has 1 unspecified atom stereocenters. The maximum atomic E-state index is 12.0. The van der Waals surface area contributed by atoms with Crippen LogP contribution in [0.25, 0.3) is 16.7 Å². The summed E-state index contributed by atoms with van der Waals surface area (Å²) >= 11 is 0. The van der Waals surface area contributed by atoms with Crippen molar-refractivity contribution in [1.82, 2.24) is 24.8 Å². The van der Waals surface area contributed by atoms with Crippen molar-refractivity contribution < 1.29 is 28.5 Å². The topological polar surface area (TPSA) is 139 Å². The number of nitrogens with zero attached hydrogens (tertiary/aromatic N) is 4. The van der Waals surface area contributed by atoms with Crippen LogP contribution >= 0.6 is 0 Å². The van der Waals surface area contributed by atoms with Gasteiger partial charge in [-0.05, 0) is 50.3 Å². The maximum Gasteiger partial charge on any atom is 0.407 e. The lowest BCUT2D eigenvalue weighted by molar-refractivity contribution is -0.199. The normalized spacial score (nSPS) is 24.4. The Labute approximate surface area is 231 Å². The Morgan fingerprint density at radius 2 is 1.98 bits per heavy atom. The summed E-state index contributed by atoms with van der Waals surface area (Å²) in [6.45, 7) is 5.55. The molecule has 0 saturated carbocycles. The van der Waals surface area contributed by atoms with Gasteiger partial charge in [-0.15, -0.1) is 0 Å². The van der Waals surface area contributed by atoms with Crippen molar-refractivity contribution in [1.29, 1.82) is 0 Å². The Balaban J connectivity index is 1.16. The molecule has 2 saturated heterocycles. The molecule has 4 atom stereocenters. The lowest BCUT2D eigenvalue weighted by Gasteiger charge is -2.24. The van der Waals surface area contributed by atoms with Crippen LogP contribution in [0.3, 0.4) is 0 Å². The summed E-state index contributed by atoms with van der Waals surface area (Å²) in [6.07, 6.45) is 4.37. The first-order valence-electron chi connectivity index (χ1n) is 13.4. The number of benzene rings is 1. The number of fused-ring (bicyclic) bond motifs is 3. The molecule has 3 aliphatic rings. The van der Waals surface area contributed by atoms with Crippen molar-refractivity contribution in [2.75, 3.05) is 25.0 Å². The van der Waals surface area contributed by atoms with Gasteiger partial charge in [0.15, 0.2) is 29.0 Å². The van der Waals surface area contributed by atoms with E-state index >= 15 is 0 Å². The number of anilines is 1.